The van der Waals surface area contributed by atoms with E-state index in [0.717, 1.165) is 176 Å². The van der Waals surface area contributed by atoms with Crippen molar-refractivity contribution in [2.45, 2.75) is 19.3 Å². The smallest absolute Gasteiger partial charge is 0.143 e. The normalized spacial score (nSPS) is 14.6. The van der Waals surface area contributed by atoms with Crippen molar-refractivity contribution in [1.29, 1.82) is 0 Å². The molecule has 0 saturated carbocycles. The molecule has 3 heteroatoms. The average Bonchev–Trinajstić information content (AvgIpc) is 0.907. The molecule has 30 aromatic rings. The molecule has 0 saturated heterocycles. The Labute approximate surface area is 888 Å². The van der Waals surface area contributed by atoms with Gasteiger partial charge in [0.2, 0.25) is 0 Å². The summed E-state index contributed by atoms with van der Waals surface area (Å²) in [5.74, 6) is 0. The lowest BCUT2D eigenvalue weighted by molar-refractivity contribution is 0.660. The SMILES string of the molecule is [2H]c1c([2H])c([2H])c2c(-c3cccc4c3-c3ccccc3C4(C)C)c3c([2H])c([2H])c([2H])c([2H])c3c(-c3ccc(-c4cccc5oc6c7ccccc7ccc6c45)cc3)c2c1[2H].[2H]c1c([2H])c([2H])c2c(-c3cccc4ccccc34)c3c([2H])c([2H])c([2H])c([2H])c3c(-c3ccc(-c4cccc5oc6c7ccccc7ccc6c45)cc3)c2c1[2H].[2H]c1c([2H])c([2H])c2c(-c3ccccc3-c3ccccc3)c3c([2H])c([2H])c([2H])c([2H])c3c(-c3ccc(-c4cccc5oc6c7ccccc7ccc6c45)cc3)c2c1[2H]. The Bertz CT molecular complexity index is 12100. The van der Waals surface area contributed by atoms with Crippen LogP contribution >= 0.6 is 0 Å². The van der Waals surface area contributed by atoms with Crippen LogP contribution in [-0.2, 0) is 5.41 Å². The second-order valence-electron chi connectivity index (χ2n) is 38.2. The van der Waals surface area contributed by atoms with Crippen molar-refractivity contribution in [3.05, 3.63) is 532 Å². The quantitative estimate of drug-likeness (QED) is 0.128. The van der Waals surface area contributed by atoms with Crippen LogP contribution in [-0.4, -0.2) is 0 Å². The molecule has 690 valence electrons. The molecular weight excluding hydrogens is 1790 g/mol. The van der Waals surface area contributed by atoms with Crippen LogP contribution in [0.25, 0.3) is 296 Å². The Hall–Kier alpha value is -19.1. The molecule has 0 atom stereocenters. The highest BCUT2D eigenvalue weighted by atomic mass is 16.3. The maximum atomic E-state index is 9.52. The van der Waals surface area contributed by atoms with Gasteiger partial charge in [0.05, 0.1) is 32.9 Å². The predicted molar refractivity (Wildman–Crippen MR) is 628 cm³/mol. The van der Waals surface area contributed by atoms with Crippen LogP contribution in [0.3, 0.4) is 0 Å². The zero-order valence-corrected chi connectivity index (χ0v) is 79.5. The summed E-state index contributed by atoms with van der Waals surface area (Å²) in [6.45, 7) is 4.31. The van der Waals surface area contributed by atoms with Crippen LogP contribution in [0, 0.1) is 0 Å². The molecule has 0 N–H and O–H groups in total. The monoisotopic (exact) mass is 1900 g/mol. The van der Waals surface area contributed by atoms with E-state index < -0.39 is 77.9 Å². The molecule has 0 spiro atoms. The van der Waals surface area contributed by atoms with E-state index in [0.29, 0.717) is 66.8 Å². The standard InChI is InChI=1S/C51H34O.C48H30O.C46H28O/c1-51(2)43-22-10-9-19-40(43)48-41(21-11-23-44(48)51)47-38-17-7-5-15-36(38)46(37-16-6-8-18-39(37)47)33-27-25-32(26-28-33)34-20-12-24-45-49(34)42-30-29-31-13-3-4-14-35(31)50(42)52-45;1-2-13-31(14-3-1)35-16-6-7-18-38(35)46-41-21-10-8-19-39(41)45(40-20-9-11-22-42(40)46)34-27-25-33(26-28-34)36-23-12-24-44-47(36)43-30-29-32-15-4-5-17-37(32)48(43)49-44;1-3-14-33-29(11-1)13-9-21-36(33)44-39-18-7-5-16-37(39)43(38-17-6-8-19-40(38)44)32-25-23-31(24-26-32)34-20-10-22-42-45(34)41-28-27-30-12-2-4-15-35(30)46(41)47-42/h3-30H,1-2H3;1-30H;1-28H/i5D,6D,7D,8D,15D,16D,17D,18D;8D,9D,10D,11D,19D,20D,21D,22D;5D,6D,7D,8D,16D,17D,18D,19D. The van der Waals surface area contributed by atoms with Gasteiger partial charge in [-0.05, 0) is 261 Å². The van der Waals surface area contributed by atoms with Crippen molar-refractivity contribution in [1.82, 2.24) is 0 Å². The van der Waals surface area contributed by atoms with E-state index in [1.165, 1.54) is 0 Å². The topological polar surface area (TPSA) is 39.4 Å². The Morgan fingerprint density at radius 2 is 0.405 bits per heavy atom. The molecule has 0 radical (unpaired) electrons. The minimum atomic E-state index is -0.432. The fourth-order valence-corrected chi connectivity index (χ4v) is 23.4. The van der Waals surface area contributed by atoms with E-state index in [-0.39, 0.29) is 137 Å². The Morgan fingerprint density at radius 3 is 0.791 bits per heavy atom. The highest BCUT2D eigenvalue weighted by Crippen LogP contribution is 2.57. The molecule has 0 amide bonds. The van der Waals surface area contributed by atoms with E-state index in [1.54, 1.807) is 0 Å². The van der Waals surface area contributed by atoms with Gasteiger partial charge < -0.3 is 13.3 Å². The molecule has 148 heavy (non-hydrogen) atoms. The summed E-state index contributed by atoms with van der Waals surface area (Å²) in [4.78, 5) is 0. The van der Waals surface area contributed by atoms with E-state index in [9.17, 15) is 16.4 Å². The zero-order chi connectivity index (χ0) is 119. The lowest BCUT2D eigenvalue weighted by Crippen LogP contribution is -2.14. The molecule has 1 aliphatic carbocycles. The third kappa shape index (κ3) is 13.7. The van der Waals surface area contributed by atoms with Gasteiger partial charge in [0.1, 0.15) is 33.5 Å². The molecular formula is C145H92O3. The summed E-state index contributed by atoms with van der Waals surface area (Å²) in [5.41, 5.74) is 20.8. The predicted octanol–water partition coefficient (Wildman–Crippen LogP) is 41.3. The summed E-state index contributed by atoms with van der Waals surface area (Å²) in [5, 5.41) is 16.2. The summed E-state index contributed by atoms with van der Waals surface area (Å²) in [6, 6.07) is 114. The van der Waals surface area contributed by atoms with E-state index >= 15 is 0 Å². The van der Waals surface area contributed by atoms with Crippen molar-refractivity contribution >= 4 is 174 Å². The summed E-state index contributed by atoms with van der Waals surface area (Å²) < 4.78 is 238. The molecule has 31 rings (SSSR count). The van der Waals surface area contributed by atoms with Crippen LogP contribution in [0.5, 0.6) is 0 Å². The van der Waals surface area contributed by atoms with Gasteiger partial charge in [0.15, 0.2) is 0 Å². The number of fused-ring (bicyclic) bond motifs is 25. The highest BCUT2D eigenvalue weighted by Gasteiger charge is 2.38. The van der Waals surface area contributed by atoms with Gasteiger partial charge in [-0.25, -0.2) is 0 Å². The second kappa shape index (κ2) is 34.6. The van der Waals surface area contributed by atoms with Gasteiger partial charge in [-0.2, -0.15) is 0 Å². The van der Waals surface area contributed by atoms with Crippen LogP contribution < -0.4 is 0 Å². The van der Waals surface area contributed by atoms with E-state index in [4.69, 9.17) is 29.7 Å². The first-order valence-electron chi connectivity index (χ1n) is 61.3. The van der Waals surface area contributed by atoms with Crippen molar-refractivity contribution in [2.24, 2.45) is 0 Å². The maximum Gasteiger partial charge on any atom is 0.143 e. The summed E-state index contributed by atoms with van der Waals surface area (Å²) in [7, 11) is 0. The van der Waals surface area contributed by atoms with Crippen molar-refractivity contribution in [3.8, 4) is 122 Å². The Kier molecular flexibility index (Phi) is 15.1. The second-order valence-corrected chi connectivity index (χ2v) is 38.2. The Morgan fingerprint density at radius 1 is 0.155 bits per heavy atom. The fraction of sp³-hybridized carbons (Fsp3) is 0.0207. The van der Waals surface area contributed by atoms with Gasteiger partial charge in [-0.15, -0.1) is 0 Å². The van der Waals surface area contributed by atoms with Crippen LogP contribution in [0.2, 0.25) is 0 Å². The first-order chi connectivity index (χ1) is 83.2. The molecule has 3 aromatic heterocycles. The van der Waals surface area contributed by atoms with Gasteiger partial charge in [0.25, 0.3) is 0 Å². The van der Waals surface area contributed by atoms with Gasteiger partial charge in [0, 0.05) is 53.9 Å². The number of hydrogen-bond acceptors (Lipinski definition) is 3. The van der Waals surface area contributed by atoms with Gasteiger partial charge in [-0.1, -0.05) is 499 Å². The highest BCUT2D eigenvalue weighted by molar-refractivity contribution is 6.29. The summed E-state index contributed by atoms with van der Waals surface area (Å²) in [6.07, 6.45) is 0. The molecule has 3 heterocycles. The van der Waals surface area contributed by atoms with Crippen molar-refractivity contribution in [2.75, 3.05) is 0 Å². The molecule has 3 nitrogen and oxygen atoms in total. The lowest BCUT2D eigenvalue weighted by atomic mass is 9.80. The molecule has 0 bridgehead atoms. The average molecular weight is 1910 g/mol. The first-order valence-corrected chi connectivity index (χ1v) is 49.3. The van der Waals surface area contributed by atoms with Gasteiger partial charge in [-0.3, -0.25) is 0 Å². The largest absolute Gasteiger partial charge is 0.455 e. The number of rotatable bonds is 10. The van der Waals surface area contributed by atoms with E-state index in [1.807, 2.05) is 291 Å². The molecule has 0 fully saturated rings. The maximum absolute atomic E-state index is 9.52. The number of hydrogen-bond donors (Lipinski definition) is 0. The lowest BCUT2D eigenvalue weighted by Gasteiger charge is -2.22. The van der Waals surface area contributed by atoms with Crippen LogP contribution in [0.4, 0.5) is 0 Å². The fourth-order valence-electron chi connectivity index (χ4n) is 23.4. The third-order valence-corrected chi connectivity index (χ3v) is 30.0. The molecule has 0 unspecified atom stereocenters. The van der Waals surface area contributed by atoms with E-state index in [2.05, 4.69) is 98.8 Å². The third-order valence-electron chi connectivity index (χ3n) is 30.0. The van der Waals surface area contributed by atoms with Crippen molar-refractivity contribution in [3.63, 3.8) is 0 Å². The minimum Gasteiger partial charge on any atom is -0.455 e. The molecule has 0 aliphatic heterocycles. The van der Waals surface area contributed by atoms with Crippen LogP contribution in [0.15, 0.2) is 534 Å². The zero-order valence-electron chi connectivity index (χ0n) is 104. The molecule has 1 aliphatic rings. The van der Waals surface area contributed by atoms with Gasteiger partial charge >= 0.3 is 0 Å². The van der Waals surface area contributed by atoms with Crippen LogP contribution in [0.1, 0.15) is 57.9 Å². The first kappa shape index (κ1) is 64.5. The number of furan rings is 3. The Balaban J connectivity index is 0.000000116. The number of benzene rings is 27. The van der Waals surface area contributed by atoms with Crippen molar-refractivity contribution < 1.29 is 46.1 Å². The summed E-state index contributed by atoms with van der Waals surface area (Å²) >= 11 is 0. The minimum absolute atomic E-state index is 0.180. The molecule has 27 aromatic carbocycles.